The summed E-state index contributed by atoms with van der Waals surface area (Å²) < 4.78 is 5.35. The van der Waals surface area contributed by atoms with Gasteiger partial charge in [-0.05, 0) is 37.6 Å². The van der Waals surface area contributed by atoms with Crippen LogP contribution in [0, 0.1) is 6.92 Å². The Kier molecular flexibility index (Phi) is 5.50. The lowest BCUT2D eigenvalue weighted by atomic mass is 10.3. The van der Waals surface area contributed by atoms with Crippen LogP contribution in [0.3, 0.4) is 0 Å². The Morgan fingerprint density at radius 3 is 2.76 bits per heavy atom. The quantitative estimate of drug-likeness (QED) is 0.652. The van der Waals surface area contributed by atoms with Crippen LogP contribution in [0.15, 0.2) is 53.1 Å². The molecule has 0 aliphatic rings. The molecule has 0 radical (unpaired) electrons. The zero-order chi connectivity index (χ0) is 17.6. The van der Waals surface area contributed by atoms with E-state index in [4.69, 9.17) is 4.42 Å². The number of amides is 1. The number of aromatic nitrogens is 1. The fraction of sp³-hybridized carbons (Fsp3) is 0.263. The van der Waals surface area contributed by atoms with Gasteiger partial charge in [0.2, 0.25) is 0 Å². The number of para-hydroxylation sites is 1. The van der Waals surface area contributed by atoms with Crippen molar-refractivity contribution < 1.29 is 9.21 Å². The maximum Gasteiger partial charge on any atom is 0.271 e. The fourth-order valence-corrected chi connectivity index (χ4v) is 3.40. The second-order valence-electron chi connectivity index (χ2n) is 5.77. The highest BCUT2D eigenvalue weighted by Crippen LogP contribution is 2.27. The highest BCUT2D eigenvalue weighted by molar-refractivity contribution is 7.15. The van der Waals surface area contributed by atoms with E-state index >= 15 is 0 Å². The molecule has 0 fully saturated rings. The Bertz CT molecular complexity index is 813. The molecule has 0 atom stereocenters. The molecule has 3 rings (SSSR count). The molecule has 0 spiro atoms. The number of thiazole rings is 1. The molecule has 5 nitrogen and oxygen atoms in total. The molecule has 3 aromatic rings. The Hall–Kier alpha value is -2.60. The lowest BCUT2D eigenvalue weighted by molar-refractivity contribution is 0.0948. The van der Waals surface area contributed by atoms with Gasteiger partial charge in [0.15, 0.2) is 10.8 Å². The van der Waals surface area contributed by atoms with Gasteiger partial charge in [0.25, 0.3) is 5.91 Å². The summed E-state index contributed by atoms with van der Waals surface area (Å²) in [5, 5.41) is 3.69. The topological polar surface area (TPSA) is 58.4 Å². The van der Waals surface area contributed by atoms with E-state index in [0.29, 0.717) is 18.0 Å². The number of anilines is 1. The van der Waals surface area contributed by atoms with Gasteiger partial charge in [-0.1, -0.05) is 18.2 Å². The molecule has 0 aliphatic carbocycles. The number of hydrogen-bond acceptors (Lipinski definition) is 5. The predicted molar refractivity (Wildman–Crippen MR) is 101 cm³/mol. The van der Waals surface area contributed by atoms with Gasteiger partial charge in [0.05, 0.1) is 6.26 Å². The summed E-state index contributed by atoms with van der Waals surface area (Å²) in [5.41, 5.74) is 1.65. The van der Waals surface area contributed by atoms with Crippen LogP contribution in [-0.4, -0.2) is 31.0 Å². The van der Waals surface area contributed by atoms with E-state index < -0.39 is 0 Å². The first kappa shape index (κ1) is 17.2. The molecule has 1 amide bonds. The molecular weight excluding hydrogens is 334 g/mol. The van der Waals surface area contributed by atoms with Crippen LogP contribution in [0.1, 0.15) is 21.8 Å². The molecule has 130 valence electrons. The molecule has 0 bridgehead atoms. The van der Waals surface area contributed by atoms with Crippen molar-refractivity contribution in [3.05, 3.63) is 59.3 Å². The zero-order valence-electron chi connectivity index (χ0n) is 14.4. The molecule has 2 heterocycles. The van der Waals surface area contributed by atoms with Crippen LogP contribution in [0.4, 0.5) is 5.69 Å². The smallest absolute Gasteiger partial charge is 0.271 e. The first-order valence-corrected chi connectivity index (χ1v) is 9.02. The summed E-state index contributed by atoms with van der Waals surface area (Å²) in [6.45, 7) is 3.39. The fourth-order valence-electron chi connectivity index (χ4n) is 2.53. The van der Waals surface area contributed by atoms with Crippen molar-refractivity contribution in [3.8, 4) is 10.8 Å². The second kappa shape index (κ2) is 7.98. The number of benzene rings is 1. The third kappa shape index (κ3) is 4.28. The Morgan fingerprint density at radius 1 is 1.24 bits per heavy atom. The number of nitrogens with zero attached hydrogens (tertiary/aromatic N) is 2. The number of carbonyl (C=O) groups excluding carboxylic acids is 1. The normalized spacial score (nSPS) is 10.6. The van der Waals surface area contributed by atoms with Crippen LogP contribution in [0.5, 0.6) is 0 Å². The Morgan fingerprint density at radius 2 is 2.04 bits per heavy atom. The summed E-state index contributed by atoms with van der Waals surface area (Å²) in [4.78, 5) is 19.8. The summed E-state index contributed by atoms with van der Waals surface area (Å²) >= 11 is 1.47. The third-order valence-electron chi connectivity index (χ3n) is 3.90. The second-order valence-corrected chi connectivity index (χ2v) is 6.97. The molecular formula is C19H21N3O2S. The van der Waals surface area contributed by atoms with E-state index in [2.05, 4.69) is 34.4 Å². The third-order valence-corrected chi connectivity index (χ3v) is 4.88. The number of hydrogen-bond donors (Lipinski definition) is 1. The van der Waals surface area contributed by atoms with Crippen LogP contribution >= 0.6 is 11.3 Å². The lowest BCUT2D eigenvalue weighted by Gasteiger charge is -2.19. The van der Waals surface area contributed by atoms with Gasteiger partial charge in [0.1, 0.15) is 5.69 Å². The monoisotopic (exact) mass is 355 g/mol. The van der Waals surface area contributed by atoms with E-state index in [9.17, 15) is 4.79 Å². The number of aryl methyl sites for hydroxylation is 1. The maximum absolute atomic E-state index is 12.4. The highest BCUT2D eigenvalue weighted by Gasteiger charge is 2.17. The molecule has 0 saturated heterocycles. The number of carbonyl (C=O) groups is 1. The maximum atomic E-state index is 12.4. The molecule has 2 aromatic heterocycles. The number of nitrogens with one attached hydrogen (secondary N) is 1. The van der Waals surface area contributed by atoms with Crippen molar-refractivity contribution >= 4 is 22.9 Å². The van der Waals surface area contributed by atoms with E-state index in [-0.39, 0.29) is 5.91 Å². The summed E-state index contributed by atoms with van der Waals surface area (Å²) in [5.74, 6) is 0.561. The minimum atomic E-state index is -0.131. The van der Waals surface area contributed by atoms with E-state index in [0.717, 1.165) is 22.9 Å². The average molecular weight is 355 g/mol. The summed E-state index contributed by atoms with van der Waals surface area (Å²) in [6, 6.07) is 13.9. The molecule has 25 heavy (non-hydrogen) atoms. The van der Waals surface area contributed by atoms with Gasteiger partial charge in [-0.3, -0.25) is 4.79 Å². The predicted octanol–water partition coefficient (Wildman–Crippen LogP) is 3.97. The standard InChI is InChI=1S/C19H21N3O2S/c1-14-17(21-19(25-14)16-10-6-13-24-16)18(23)20-11-7-12-22(2)15-8-4-3-5-9-15/h3-6,8-10,13H,7,11-12H2,1-2H3,(H,20,23). The van der Waals surface area contributed by atoms with Crippen LogP contribution in [-0.2, 0) is 0 Å². The molecule has 6 heteroatoms. The van der Waals surface area contributed by atoms with Crippen molar-refractivity contribution in [1.29, 1.82) is 0 Å². The van der Waals surface area contributed by atoms with Gasteiger partial charge in [-0.25, -0.2) is 4.98 Å². The first-order chi connectivity index (χ1) is 12.1. The van der Waals surface area contributed by atoms with Crippen molar-refractivity contribution in [2.24, 2.45) is 0 Å². The molecule has 0 saturated carbocycles. The minimum Gasteiger partial charge on any atom is -0.462 e. The summed E-state index contributed by atoms with van der Waals surface area (Å²) in [6.07, 6.45) is 2.47. The SMILES string of the molecule is Cc1sc(-c2ccco2)nc1C(=O)NCCCN(C)c1ccccc1. The molecule has 1 N–H and O–H groups in total. The minimum absolute atomic E-state index is 0.131. The van der Waals surface area contributed by atoms with Crippen molar-refractivity contribution in [2.45, 2.75) is 13.3 Å². The van der Waals surface area contributed by atoms with Crippen molar-refractivity contribution in [3.63, 3.8) is 0 Å². The summed E-state index contributed by atoms with van der Waals surface area (Å²) in [7, 11) is 2.05. The van der Waals surface area contributed by atoms with Crippen molar-refractivity contribution in [2.75, 3.05) is 25.0 Å². The molecule has 0 aliphatic heterocycles. The van der Waals surface area contributed by atoms with Crippen LogP contribution in [0.25, 0.3) is 10.8 Å². The van der Waals surface area contributed by atoms with E-state index in [1.54, 1.807) is 6.26 Å². The number of rotatable bonds is 7. The largest absolute Gasteiger partial charge is 0.462 e. The van der Waals surface area contributed by atoms with E-state index in [1.807, 2.05) is 37.3 Å². The Balaban J connectivity index is 1.50. The number of furan rings is 1. The van der Waals surface area contributed by atoms with Gasteiger partial charge >= 0.3 is 0 Å². The van der Waals surface area contributed by atoms with Crippen LogP contribution < -0.4 is 10.2 Å². The lowest BCUT2D eigenvalue weighted by Crippen LogP contribution is -2.28. The highest BCUT2D eigenvalue weighted by atomic mass is 32.1. The van der Waals surface area contributed by atoms with Gasteiger partial charge in [-0.15, -0.1) is 11.3 Å². The Labute approximate surface area is 151 Å². The molecule has 1 aromatic carbocycles. The average Bonchev–Trinajstić information content (AvgIpc) is 3.28. The van der Waals surface area contributed by atoms with E-state index in [1.165, 1.54) is 17.0 Å². The zero-order valence-corrected chi connectivity index (χ0v) is 15.2. The van der Waals surface area contributed by atoms with Crippen molar-refractivity contribution in [1.82, 2.24) is 10.3 Å². The van der Waals surface area contributed by atoms with Gasteiger partial charge < -0.3 is 14.6 Å². The molecule has 0 unspecified atom stereocenters. The van der Waals surface area contributed by atoms with Gasteiger partial charge in [-0.2, -0.15) is 0 Å². The van der Waals surface area contributed by atoms with Crippen LogP contribution in [0.2, 0.25) is 0 Å². The first-order valence-electron chi connectivity index (χ1n) is 8.21. The van der Waals surface area contributed by atoms with Gasteiger partial charge in [0, 0.05) is 30.7 Å².